The van der Waals surface area contributed by atoms with E-state index in [2.05, 4.69) is 36.7 Å². The number of nitrogens with zero attached hydrogens (tertiary/aromatic N) is 1. The van der Waals surface area contributed by atoms with Crippen LogP contribution in [0.4, 0.5) is 0 Å². The van der Waals surface area contributed by atoms with Crippen molar-refractivity contribution in [1.29, 1.82) is 0 Å². The van der Waals surface area contributed by atoms with Crippen molar-refractivity contribution < 1.29 is 0 Å². The first kappa shape index (κ1) is 10.8. The molecule has 1 aromatic carbocycles. The lowest BCUT2D eigenvalue weighted by Crippen LogP contribution is -2.20. The Labute approximate surface area is 102 Å². The molecule has 0 bridgehead atoms. The maximum absolute atomic E-state index is 5.93. The molecule has 2 heteroatoms. The number of hydrogen-bond donors (Lipinski definition) is 1. The molecule has 0 saturated carbocycles. The van der Waals surface area contributed by atoms with Gasteiger partial charge >= 0.3 is 0 Å². The molecular formula is C15H20N2. The predicted molar refractivity (Wildman–Crippen MR) is 72.4 cm³/mol. The molecule has 1 aliphatic rings. The molecule has 17 heavy (non-hydrogen) atoms. The highest BCUT2D eigenvalue weighted by Crippen LogP contribution is 2.38. The quantitative estimate of drug-likeness (QED) is 0.799. The standard InChI is InChI=1S/C15H20N2/c1-10-5-3-7-12-13-8-4-6-11(9-16)15(13)17(2)14(10)12/h3,5,7,11H,4,6,8-9,16H2,1-2H3. The van der Waals surface area contributed by atoms with E-state index in [1.165, 1.54) is 41.4 Å². The molecule has 1 unspecified atom stereocenters. The van der Waals surface area contributed by atoms with E-state index in [9.17, 15) is 0 Å². The highest BCUT2D eigenvalue weighted by Gasteiger charge is 2.25. The van der Waals surface area contributed by atoms with Crippen LogP contribution < -0.4 is 5.73 Å². The molecule has 0 amide bonds. The summed E-state index contributed by atoms with van der Waals surface area (Å²) in [6.07, 6.45) is 3.74. The predicted octanol–water partition coefficient (Wildman–Crippen LogP) is 2.87. The SMILES string of the molecule is Cc1cccc2c3c(n(C)c12)C(CN)CCC3. The van der Waals surface area contributed by atoms with Crippen LogP contribution in [0.15, 0.2) is 18.2 Å². The number of fused-ring (bicyclic) bond motifs is 3. The summed E-state index contributed by atoms with van der Waals surface area (Å²) in [6, 6.07) is 6.63. The van der Waals surface area contributed by atoms with E-state index in [1.54, 1.807) is 5.56 Å². The summed E-state index contributed by atoms with van der Waals surface area (Å²) in [6.45, 7) is 2.97. The molecule has 0 saturated heterocycles. The Morgan fingerprint density at radius 2 is 2.24 bits per heavy atom. The molecule has 0 fully saturated rings. The summed E-state index contributed by atoms with van der Waals surface area (Å²) in [7, 11) is 2.20. The van der Waals surface area contributed by atoms with Crippen molar-refractivity contribution in [3.05, 3.63) is 35.0 Å². The molecule has 2 nitrogen and oxygen atoms in total. The first-order chi connectivity index (χ1) is 8.24. The Hall–Kier alpha value is -1.28. The third-order valence-electron chi connectivity index (χ3n) is 4.22. The lowest BCUT2D eigenvalue weighted by molar-refractivity contribution is 0.534. The van der Waals surface area contributed by atoms with Gasteiger partial charge in [0.15, 0.2) is 0 Å². The first-order valence-electron chi connectivity index (χ1n) is 6.51. The summed E-state index contributed by atoms with van der Waals surface area (Å²) >= 11 is 0. The van der Waals surface area contributed by atoms with Crippen LogP contribution in [0, 0.1) is 6.92 Å². The Kier molecular flexibility index (Phi) is 2.48. The fourth-order valence-electron chi connectivity index (χ4n) is 3.48. The summed E-state index contributed by atoms with van der Waals surface area (Å²) < 4.78 is 2.39. The Morgan fingerprint density at radius 1 is 1.41 bits per heavy atom. The molecule has 1 heterocycles. The van der Waals surface area contributed by atoms with Crippen molar-refractivity contribution in [1.82, 2.24) is 4.57 Å². The van der Waals surface area contributed by atoms with Crippen LogP contribution in [0.5, 0.6) is 0 Å². The number of nitrogens with two attached hydrogens (primary N) is 1. The third kappa shape index (κ3) is 1.44. The Balaban J connectivity index is 2.37. The van der Waals surface area contributed by atoms with Crippen LogP contribution in [-0.2, 0) is 13.5 Å². The van der Waals surface area contributed by atoms with Gasteiger partial charge in [0.05, 0.1) is 5.52 Å². The van der Waals surface area contributed by atoms with E-state index >= 15 is 0 Å². The first-order valence-corrected chi connectivity index (χ1v) is 6.51. The van der Waals surface area contributed by atoms with E-state index in [-0.39, 0.29) is 0 Å². The van der Waals surface area contributed by atoms with Crippen molar-refractivity contribution in [3.63, 3.8) is 0 Å². The van der Waals surface area contributed by atoms with E-state index < -0.39 is 0 Å². The molecule has 2 N–H and O–H groups in total. The smallest absolute Gasteiger partial charge is 0.0512 e. The van der Waals surface area contributed by atoms with Crippen molar-refractivity contribution in [3.8, 4) is 0 Å². The van der Waals surface area contributed by atoms with Gasteiger partial charge in [0, 0.05) is 30.6 Å². The summed E-state index contributed by atoms with van der Waals surface area (Å²) in [4.78, 5) is 0. The molecule has 1 atom stereocenters. The van der Waals surface area contributed by atoms with E-state index in [4.69, 9.17) is 5.73 Å². The zero-order valence-electron chi connectivity index (χ0n) is 10.7. The van der Waals surface area contributed by atoms with Crippen LogP contribution in [0.1, 0.15) is 35.6 Å². The van der Waals surface area contributed by atoms with Gasteiger partial charge in [-0.2, -0.15) is 0 Å². The van der Waals surface area contributed by atoms with Gasteiger partial charge in [-0.15, -0.1) is 0 Å². The maximum atomic E-state index is 5.93. The van der Waals surface area contributed by atoms with E-state index in [0.29, 0.717) is 5.92 Å². The largest absolute Gasteiger partial charge is 0.347 e. The van der Waals surface area contributed by atoms with Gasteiger partial charge in [0.2, 0.25) is 0 Å². The second-order valence-electron chi connectivity index (χ2n) is 5.22. The van der Waals surface area contributed by atoms with Gasteiger partial charge in [0.25, 0.3) is 0 Å². The van der Waals surface area contributed by atoms with Crippen LogP contribution in [0.2, 0.25) is 0 Å². The molecule has 0 radical (unpaired) electrons. The molecular weight excluding hydrogens is 208 g/mol. The second-order valence-corrected chi connectivity index (χ2v) is 5.22. The zero-order valence-corrected chi connectivity index (χ0v) is 10.7. The molecule has 0 spiro atoms. The monoisotopic (exact) mass is 228 g/mol. The summed E-state index contributed by atoms with van der Waals surface area (Å²) in [5.74, 6) is 0.551. The Morgan fingerprint density at radius 3 is 3.00 bits per heavy atom. The number of para-hydroxylation sites is 1. The maximum Gasteiger partial charge on any atom is 0.0512 e. The number of hydrogen-bond acceptors (Lipinski definition) is 1. The van der Waals surface area contributed by atoms with Crippen LogP contribution >= 0.6 is 0 Å². The zero-order chi connectivity index (χ0) is 12.0. The van der Waals surface area contributed by atoms with Gasteiger partial charge in [-0.25, -0.2) is 0 Å². The molecule has 1 aromatic heterocycles. The van der Waals surface area contributed by atoms with Gasteiger partial charge in [-0.1, -0.05) is 18.2 Å². The number of aryl methyl sites for hydroxylation is 3. The Bertz CT molecular complexity index is 566. The molecule has 1 aliphatic carbocycles. The fraction of sp³-hybridized carbons (Fsp3) is 0.467. The molecule has 90 valence electrons. The van der Waals surface area contributed by atoms with Crippen LogP contribution in [0.25, 0.3) is 10.9 Å². The molecule has 2 aromatic rings. The van der Waals surface area contributed by atoms with Gasteiger partial charge in [-0.05, 0) is 37.3 Å². The second kappa shape index (κ2) is 3.88. The van der Waals surface area contributed by atoms with E-state index in [0.717, 1.165) is 6.54 Å². The third-order valence-corrected chi connectivity index (χ3v) is 4.22. The van der Waals surface area contributed by atoms with Crippen molar-refractivity contribution in [2.45, 2.75) is 32.1 Å². The minimum atomic E-state index is 0.551. The summed E-state index contributed by atoms with van der Waals surface area (Å²) in [5, 5.41) is 1.45. The lowest BCUT2D eigenvalue weighted by atomic mass is 9.86. The molecule has 3 rings (SSSR count). The van der Waals surface area contributed by atoms with Crippen LogP contribution in [-0.4, -0.2) is 11.1 Å². The van der Waals surface area contributed by atoms with Crippen molar-refractivity contribution in [2.75, 3.05) is 6.54 Å². The number of rotatable bonds is 1. The van der Waals surface area contributed by atoms with Crippen LogP contribution in [0.3, 0.4) is 0 Å². The average Bonchev–Trinajstić information content (AvgIpc) is 2.65. The van der Waals surface area contributed by atoms with Gasteiger partial charge in [-0.3, -0.25) is 0 Å². The van der Waals surface area contributed by atoms with Crippen molar-refractivity contribution >= 4 is 10.9 Å². The highest BCUT2D eigenvalue weighted by atomic mass is 15.0. The normalized spacial score (nSPS) is 19.6. The van der Waals surface area contributed by atoms with Gasteiger partial charge < -0.3 is 10.3 Å². The lowest BCUT2D eigenvalue weighted by Gasteiger charge is -2.23. The van der Waals surface area contributed by atoms with E-state index in [1.807, 2.05) is 0 Å². The van der Waals surface area contributed by atoms with Gasteiger partial charge in [0.1, 0.15) is 0 Å². The molecule has 0 aliphatic heterocycles. The number of aromatic nitrogens is 1. The number of benzene rings is 1. The fourth-order valence-corrected chi connectivity index (χ4v) is 3.48. The average molecular weight is 228 g/mol. The van der Waals surface area contributed by atoms with Crippen molar-refractivity contribution in [2.24, 2.45) is 12.8 Å². The summed E-state index contributed by atoms with van der Waals surface area (Å²) in [5.41, 5.74) is 11.7. The highest BCUT2D eigenvalue weighted by molar-refractivity contribution is 5.88. The topological polar surface area (TPSA) is 30.9 Å². The minimum absolute atomic E-state index is 0.551. The minimum Gasteiger partial charge on any atom is -0.347 e.